The summed E-state index contributed by atoms with van der Waals surface area (Å²) < 4.78 is 1.90. The fourth-order valence-corrected chi connectivity index (χ4v) is 2.62. The van der Waals surface area contributed by atoms with Crippen molar-refractivity contribution >= 4 is 29.9 Å². The number of aliphatic imine (C=N–C) groups is 1. The second kappa shape index (κ2) is 11.9. The van der Waals surface area contributed by atoms with Gasteiger partial charge in [0.25, 0.3) is 0 Å². The lowest BCUT2D eigenvalue weighted by atomic mass is 10.0. The zero-order valence-corrected chi connectivity index (χ0v) is 18.5. The highest BCUT2D eigenvalue weighted by atomic mass is 127. The first kappa shape index (κ1) is 22.4. The molecule has 2 rings (SSSR count). The Labute approximate surface area is 174 Å². The van der Waals surface area contributed by atoms with Crippen LogP contribution in [0.2, 0.25) is 0 Å². The third kappa shape index (κ3) is 7.72. The first-order valence-corrected chi connectivity index (χ1v) is 8.99. The summed E-state index contributed by atoms with van der Waals surface area (Å²) in [6, 6.07) is 4.46. The molecule has 26 heavy (non-hydrogen) atoms. The van der Waals surface area contributed by atoms with E-state index in [-0.39, 0.29) is 24.0 Å². The second-order valence-corrected chi connectivity index (χ2v) is 6.79. The molecule has 0 saturated carbocycles. The Hall–Kier alpha value is -1.64. The maximum absolute atomic E-state index is 4.37. The van der Waals surface area contributed by atoms with Gasteiger partial charge in [-0.05, 0) is 37.0 Å². The highest BCUT2D eigenvalue weighted by Crippen LogP contribution is 2.09. The minimum Gasteiger partial charge on any atom is -0.354 e. The molecular weight excluding hydrogens is 439 g/mol. The van der Waals surface area contributed by atoms with E-state index in [1.165, 1.54) is 12.8 Å². The van der Waals surface area contributed by atoms with Gasteiger partial charge in [-0.1, -0.05) is 26.7 Å². The maximum atomic E-state index is 4.37. The number of rotatable bonds is 8. The summed E-state index contributed by atoms with van der Waals surface area (Å²) >= 11 is 0. The maximum Gasteiger partial charge on any atom is 0.191 e. The predicted octanol–water partition coefficient (Wildman–Crippen LogP) is 3.77. The molecule has 2 heterocycles. The number of hydrogen-bond acceptors (Lipinski definition) is 3. The normalized spacial score (nSPS) is 12.6. The average Bonchev–Trinajstić information content (AvgIpc) is 3.13. The molecule has 144 valence electrons. The number of pyridine rings is 1. The molecule has 0 fully saturated rings. The minimum atomic E-state index is 0. The molecule has 0 saturated heterocycles. The lowest BCUT2D eigenvalue weighted by molar-refractivity contribution is 0.491. The number of aromatic nitrogens is 3. The largest absolute Gasteiger partial charge is 0.354 e. The van der Waals surface area contributed by atoms with Crippen LogP contribution in [0.25, 0.3) is 5.82 Å². The monoisotopic (exact) mass is 470 g/mol. The third-order valence-corrected chi connectivity index (χ3v) is 4.06. The van der Waals surface area contributed by atoms with E-state index in [9.17, 15) is 0 Å². The zero-order valence-electron chi connectivity index (χ0n) is 16.1. The summed E-state index contributed by atoms with van der Waals surface area (Å²) in [5, 5.41) is 6.84. The summed E-state index contributed by atoms with van der Waals surface area (Å²) in [6.07, 6.45) is 10.9. The van der Waals surface area contributed by atoms with Crippen LogP contribution < -0.4 is 10.6 Å². The predicted molar refractivity (Wildman–Crippen MR) is 118 cm³/mol. The molecule has 0 aliphatic heterocycles. The number of imidazole rings is 1. The van der Waals surface area contributed by atoms with Crippen LogP contribution >= 0.6 is 24.0 Å². The van der Waals surface area contributed by atoms with Crippen molar-refractivity contribution in [3.05, 3.63) is 42.6 Å². The van der Waals surface area contributed by atoms with Crippen molar-refractivity contribution < 1.29 is 0 Å². The van der Waals surface area contributed by atoms with E-state index >= 15 is 0 Å². The van der Waals surface area contributed by atoms with Gasteiger partial charge in [-0.25, -0.2) is 9.97 Å². The molecule has 0 spiro atoms. The van der Waals surface area contributed by atoms with Crippen LogP contribution in [0.4, 0.5) is 0 Å². The van der Waals surface area contributed by atoms with E-state index in [1.54, 1.807) is 19.6 Å². The van der Waals surface area contributed by atoms with Crippen LogP contribution in [0.1, 0.15) is 45.6 Å². The van der Waals surface area contributed by atoms with Crippen molar-refractivity contribution in [1.82, 2.24) is 25.2 Å². The summed E-state index contributed by atoms with van der Waals surface area (Å²) in [5.41, 5.74) is 1.15. The van der Waals surface area contributed by atoms with Crippen molar-refractivity contribution in [3.63, 3.8) is 0 Å². The average molecular weight is 470 g/mol. The van der Waals surface area contributed by atoms with Gasteiger partial charge in [0.2, 0.25) is 0 Å². The van der Waals surface area contributed by atoms with Crippen LogP contribution in [0, 0.1) is 5.92 Å². The summed E-state index contributed by atoms with van der Waals surface area (Å²) in [5.74, 6) is 2.46. The molecule has 0 radical (unpaired) electrons. The van der Waals surface area contributed by atoms with Gasteiger partial charge in [0.15, 0.2) is 5.96 Å². The zero-order chi connectivity index (χ0) is 18.1. The minimum absolute atomic E-state index is 0. The number of hydrogen-bond donors (Lipinski definition) is 2. The van der Waals surface area contributed by atoms with Crippen LogP contribution in [0.3, 0.4) is 0 Å². The molecule has 0 bridgehead atoms. The molecule has 2 aromatic heterocycles. The van der Waals surface area contributed by atoms with Crippen LogP contribution in [-0.2, 0) is 6.54 Å². The molecular formula is C19H31IN6. The van der Waals surface area contributed by atoms with E-state index in [0.29, 0.717) is 12.6 Å². The van der Waals surface area contributed by atoms with Crippen LogP contribution in [0.15, 0.2) is 42.0 Å². The van der Waals surface area contributed by atoms with E-state index in [0.717, 1.165) is 29.7 Å². The van der Waals surface area contributed by atoms with E-state index in [4.69, 9.17) is 0 Å². The second-order valence-electron chi connectivity index (χ2n) is 6.79. The quantitative estimate of drug-likeness (QED) is 0.350. The molecule has 0 amide bonds. The highest BCUT2D eigenvalue weighted by Gasteiger charge is 2.06. The first-order valence-electron chi connectivity index (χ1n) is 8.99. The van der Waals surface area contributed by atoms with Gasteiger partial charge in [0.05, 0.1) is 0 Å². The third-order valence-electron chi connectivity index (χ3n) is 4.06. The van der Waals surface area contributed by atoms with Crippen molar-refractivity contribution in [2.24, 2.45) is 10.9 Å². The van der Waals surface area contributed by atoms with Crippen molar-refractivity contribution in [2.45, 2.75) is 52.6 Å². The molecule has 6 nitrogen and oxygen atoms in total. The van der Waals surface area contributed by atoms with Gasteiger partial charge in [-0.3, -0.25) is 9.56 Å². The fraction of sp³-hybridized carbons (Fsp3) is 0.526. The topological polar surface area (TPSA) is 67.1 Å². The summed E-state index contributed by atoms with van der Waals surface area (Å²) in [4.78, 5) is 12.8. The molecule has 2 aromatic rings. The van der Waals surface area contributed by atoms with Gasteiger partial charge in [-0.15, -0.1) is 24.0 Å². The number of guanidine groups is 1. The van der Waals surface area contributed by atoms with Crippen molar-refractivity contribution in [1.29, 1.82) is 0 Å². The highest BCUT2D eigenvalue weighted by molar-refractivity contribution is 14.0. The van der Waals surface area contributed by atoms with E-state index in [1.807, 2.05) is 29.1 Å². The lowest BCUT2D eigenvalue weighted by Crippen LogP contribution is -2.41. The van der Waals surface area contributed by atoms with E-state index in [2.05, 4.69) is 46.4 Å². The molecule has 7 heteroatoms. The Morgan fingerprint density at radius 1 is 1.23 bits per heavy atom. The van der Waals surface area contributed by atoms with Crippen LogP contribution in [-0.4, -0.2) is 33.6 Å². The number of nitrogens with zero attached hydrogens (tertiary/aromatic N) is 4. The summed E-state index contributed by atoms with van der Waals surface area (Å²) in [7, 11) is 1.81. The Bertz CT molecular complexity index is 654. The molecule has 2 N–H and O–H groups in total. The molecule has 0 aliphatic carbocycles. The first-order chi connectivity index (χ1) is 12.1. The summed E-state index contributed by atoms with van der Waals surface area (Å²) in [6.45, 7) is 7.44. The SMILES string of the molecule is CN=C(NCc1ccnc(-n2ccnc2)c1)NC(C)CCCC(C)C.I. The van der Waals surface area contributed by atoms with Gasteiger partial charge in [0.1, 0.15) is 12.1 Å². The Morgan fingerprint density at radius 2 is 2.04 bits per heavy atom. The molecule has 1 unspecified atom stereocenters. The standard InChI is InChI=1S/C19H30N6.HI/c1-15(2)6-5-7-16(3)24-19(20-4)23-13-17-8-9-22-18(12-17)25-11-10-21-14-25;/h8-12,14-16H,5-7,13H2,1-4H3,(H2,20,23,24);1H. The van der Waals surface area contributed by atoms with Gasteiger partial charge < -0.3 is 10.6 Å². The lowest BCUT2D eigenvalue weighted by Gasteiger charge is -2.18. The van der Waals surface area contributed by atoms with Gasteiger partial charge in [0, 0.05) is 38.2 Å². The van der Waals surface area contributed by atoms with Gasteiger partial charge in [-0.2, -0.15) is 0 Å². The van der Waals surface area contributed by atoms with Gasteiger partial charge >= 0.3 is 0 Å². The van der Waals surface area contributed by atoms with Crippen molar-refractivity contribution in [3.8, 4) is 5.82 Å². The van der Waals surface area contributed by atoms with Crippen molar-refractivity contribution in [2.75, 3.05) is 7.05 Å². The number of halogens is 1. The molecule has 1 atom stereocenters. The number of nitrogens with one attached hydrogen (secondary N) is 2. The Morgan fingerprint density at radius 3 is 2.69 bits per heavy atom. The van der Waals surface area contributed by atoms with E-state index < -0.39 is 0 Å². The molecule has 0 aliphatic rings. The smallest absolute Gasteiger partial charge is 0.191 e. The fourth-order valence-electron chi connectivity index (χ4n) is 2.62. The Balaban J connectivity index is 0.00000338. The molecule has 0 aromatic carbocycles. The Kier molecular flexibility index (Phi) is 10.2. The van der Waals surface area contributed by atoms with Crippen LogP contribution in [0.5, 0.6) is 0 Å².